The standard InChI is InChI=1S/C13H15BrN6OS/c1-20(2)10-4-3-8(5-9(10)14)7-16-17-11(21)6-12-18-19-13(15)22-12/h3-5,7H,6H2,1-2H3,(H2,15,19)(H,17,21). The largest absolute Gasteiger partial charge is 0.377 e. The molecule has 1 aromatic carbocycles. The second-order valence-electron chi connectivity index (χ2n) is 4.61. The average Bonchev–Trinajstić information content (AvgIpc) is 2.83. The molecule has 0 unspecified atom stereocenters. The zero-order valence-corrected chi connectivity index (χ0v) is 14.5. The summed E-state index contributed by atoms with van der Waals surface area (Å²) in [5, 5.41) is 12.3. The van der Waals surface area contributed by atoms with Gasteiger partial charge in [-0.1, -0.05) is 17.4 Å². The summed E-state index contributed by atoms with van der Waals surface area (Å²) in [4.78, 5) is 13.7. The third-order valence-corrected chi connectivity index (χ3v) is 4.04. The number of carbonyl (C=O) groups is 1. The average molecular weight is 383 g/mol. The van der Waals surface area contributed by atoms with Crippen molar-refractivity contribution in [3.63, 3.8) is 0 Å². The van der Waals surface area contributed by atoms with E-state index in [1.54, 1.807) is 6.21 Å². The molecule has 0 fully saturated rings. The molecule has 2 aromatic rings. The number of nitrogens with one attached hydrogen (secondary N) is 1. The monoisotopic (exact) mass is 382 g/mol. The topological polar surface area (TPSA) is 96.5 Å². The fourth-order valence-electron chi connectivity index (χ4n) is 1.66. The minimum absolute atomic E-state index is 0.107. The van der Waals surface area contributed by atoms with Gasteiger partial charge in [-0.15, -0.1) is 10.2 Å². The first-order valence-corrected chi connectivity index (χ1v) is 7.93. The highest BCUT2D eigenvalue weighted by atomic mass is 79.9. The number of rotatable bonds is 5. The van der Waals surface area contributed by atoms with E-state index < -0.39 is 0 Å². The maximum Gasteiger partial charge on any atom is 0.247 e. The Balaban J connectivity index is 1.92. The summed E-state index contributed by atoms with van der Waals surface area (Å²) in [6.07, 6.45) is 1.69. The maximum absolute atomic E-state index is 11.7. The number of hydrogen-bond donors (Lipinski definition) is 2. The predicted molar refractivity (Wildman–Crippen MR) is 92.2 cm³/mol. The summed E-state index contributed by atoms with van der Waals surface area (Å²) in [5.41, 5.74) is 9.84. The Morgan fingerprint density at radius 2 is 2.27 bits per heavy atom. The Bertz CT molecular complexity index is 700. The van der Waals surface area contributed by atoms with Crippen molar-refractivity contribution in [3.05, 3.63) is 33.2 Å². The number of benzene rings is 1. The van der Waals surface area contributed by atoms with Crippen LogP contribution in [0.4, 0.5) is 10.8 Å². The number of halogens is 1. The number of hydrogen-bond acceptors (Lipinski definition) is 7. The van der Waals surface area contributed by atoms with Gasteiger partial charge in [-0.25, -0.2) is 5.43 Å². The van der Waals surface area contributed by atoms with Crippen molar-refractivity contribution < 1.29 is 4.79 Å². The molecule has 1 amide bonds. The number of nitrogens with zero attached hydrogens (tertiary/aromatic N) is 4. The van der Waals surface area contributed by atoms with E-state index in [1.165, 1.54) is 11.3 Å². The number of amides is 1. The van der Waals surface area contributed by atoms with Crippen LogP contribution in [0.25, 0.3) is 0 Å². The minimum atomic E-state index is -0.267. The summed E-state index contributed by atoms with van der Waals surface area (Å²) in [6, 6.07) is 5.81. The van der Waals surface area contributed by atoms with E-state index >= 15 is 0 Å². The summed E-state index contributed by atoms with van der Waals surface area (Å²) < 4.78 is 0.956. The summed E-state index contributed by atoms with van der Waals surface area (Å²) in [7, 11) is 3.93. The molecule has 0 saturated carbocycles. The van der Waals surface area contributed by atoms with E-state index in [9.17, 15) is 4.79 Å². The molecular weight excluding hydrogens is 368 g/mol. The van der Waals surface area contributed by atoms with Crippen molar-refractivity contribution in [2.45, 2.75) is 6.42 Å². The highest BCUT2D eigenvalue weighted by molar-refractivity contribution is 9.10. The minimum Gasteiger partial charge on any atom is -0.377 e. The molecule has 0 atom stereocenters. The van der Waals surface area contributed by atoms with Crippen LogP contribution in [-0.2, 0) is 11.2 Å². The van der Waals surface area contributed by atoms with Crippen molar-refractivity contribution in [3.8, 4) is 0 Å². The van der Waals surface area contributed by atoms with Gasteiger partial charge < -0.3 is 10.6 Å². The lowest BCUT2D eigenvalue weighted by Crippen LogP contribution is -2.19. The highest BCUT2D eigenvalue weighted by Crippen LogP contribution is 2.25. The molecule has 9 heteroatoms. The Labute approximate surface area is 140 Å². The van der Waals surface area contributed by atoms with Crippen LogP contribution >= 0.6 is 27.3 Å². The van der Waals surface area contributed by atoms with E-state index in [1.807, 2.05) is 37.2 Å². The normalized spacial score (nSPS) is 10.9. The van der Waals surface area contributed by atoms with Gasteiger partial charge >= 0.3 is 0 Å². The van der Waals surface area contributed by atoms with Crippen molar-refractivity contribution >= 4 is 50.2 Å². The van der Waals surface area contributed by atoms with Gasteiger partial charge in [0, 0.05) is 18.6 Å². The molecule has 0 aliphatic carbocycles. The van der Waals surface area contributed by atoms with Gasteiger partial charge in [-0.3, -0.25) is 4.79 Å². The summed E-state index contributed by atoms with van der Waals surface area (Å²) in [6.45, 7) is 0. The van der Waals surface area contributed by atoms with Crippen LogP contribution in [0, 0.1) is 0 Å². The van der Waals surface area contributed by atoms with Crippen LogP contribution in [0.1, 0.15) is 10.6 Å². The third-order valence-electron chi connectivity index (χ3n) is 2.65. The predicted octanol–water partition coefficient (Wildman–Crippen LogP) is 1.64. The zero-order chi connectivity index (χ0) is 16.1. The van der Waals surface area contributed by atoms with Crippen molar-refractivity contribution in [2.24, 2.45) is 5.10 Å². The van der Waals surface area contributed by atoms with Crippen LogP contribution in [0.5, 0.6) is 0 Å². The van der Waals surface area contributed by atoms with Gasteiger partial charge in [0.2, 0.25) is 11.0 Å². The number of aromatic nitrogens is 2. The quantitative estimate of drug-likeness (QED) is 0.605. The van der Waals surface area contributed by atoms with Crippen LogP contribution in [-0.4, -0.2) is 36.4 Å². The number of carbonyl (C=O) groups excluding carboxylic acids is 1. The molecule has 2 rings (SSSR count). The molecule has 0 saturated heterocycles. The number of nitrogens with two attached hydrogens (primary N) is 1. The van der Waals surface area contributed by atoms with Gasteiger partial charge in [-0.05, 0) is 33.6 Å². The fourth-order valence-corrected chi connectivity index (χ4v) is 3.02. The van der Waals surface area contributed by atoms with E-state index in [2.05, 4.69) is 36.7 Å². The van der Waals surface area contributed by atoms with E-state index in [-0.39, 0.29) is 12.3 Å². The van der Waals surface area contributed by atoms with Gasteiger partial charge in [-0.2, -0.15) is 5.10 Å². The Kier molecular flexibility index (Phi) is 5.45. The van der Waals surface area contributed by atoms with Crippen molar-refractivity contribution in [2.75, 3.05) is 24.7 Å². The highest BCUT2D eigenvalue weighted by Gasteiger charge is 2.07. The fraction of sp³-hybridized carbons (Fsp3) is 0.231. The van der Waals surface area contributed by atoms with Crippen LogP contribution < -0.4 is 16.1 Å². The SMILES string of the molecule is CN(C)c1ccc(C=NNC(=O)Cc2nnc(N)s2)cc1Br. The lowest BCUT2D eigenvalue weighted by Gasteiger charge is -2.14. The first-order valence-electron chi connectivity index (χ1n) is 6.32. The molecule has 22 heavy (non-hydrogen) atoms. The molecule has 1 aromatic heterocycles. The maximum atomic E-state index is 11.7. The molecule has 1 heterocycles. The zero-order valence-electron chi connectivity index (χ0n) is 12.1. The molecule has 0 spiro atoms. The molecule has 0 bridgehead atoms. The Morgan fingerprint density at radius 1 is 1.50 bits per heavy atom. The van der Waals surface area contributed by atoms with E-state index in [0.29, 0.717) is 10.1 Å². The van der Waals surface area contributed by atoms with E-state index in [4.69, 9.17) is 5.73 Å². The van der Waals surface area contributed by atoms with Gasteiger partial charge in [0.25, 0.3) is 0 Å². The second-order valence-corrected chi connectivity index (χ2v) is 6.56. The van der Waals surface area contributed by atoms with Gasteiger partial charge in [0.1, 0.15) is 5.01 Å². The number of nitrogen functional groups attached to an aromatic ring is 1. The molecule has 3 N–H and O–H groups in total. The third kappa shape index (κ3) is 4.50. The van der Waals surface area contributed by atoms with Crippen molar-refractivity contribution in [1.29, 1.82) is 0 Å². The lowest BCUT2D eigenvalue weighted by molar-refractivity contribution is -0.120. The summed E-state index contributed by atoms with van der Waals surface area (Å²) in [5.74, 6) is -0.267. The first kappa shape index (κ1) is 16.4. The molecular formula is C13H15BrN6OS. The van der Waals surface area contributed by atoms with E-state index in [0.717, 1.165) is 15.7 Å². The molecule has 7 nitrogen and oxygen atoms in total. The van der Waals surface area contributed by atoms with Gasteiger partial charge in [0.15, 0.2) is 0 Å². The lowest BCUT2D eigenvalue weighted by atomic mass is 10.2. The van der Waals surface area contributed by atoms with Gasteiger partial charge in [0.05, 0.1) is 18.3 Å². The molecule has 116 valence electrons. The number of hydrazone groups is 1. The Hall–Kier alpha value is -2.00. The number of anilines is 2. The molecule has 0 radical (unpaired) electrons. The molecule has 0 aliphatic rings. The second kappa shape index (κ2) is 7.32. The van der Waals surface area contributed by atoms with Crippen LogP contribution in [0.15, 0.2) is 27.8 Å². The Morgan fingerprint density at radius 3 is 2.86 bits per heavy atom. The van der Waals surface area contributed by atoms with Crippen LogP contribution in [0.2, 0.25) is 0 Å². The smallest absolute Gasteiger partial charge is 0.247 e. The van der Waals surface area contributed by atoms with Crippen molar-refractivity contribution in [1.82, 2.24) is 15.6 Å². The molecule has 0 aliphatic heterocycles. The first-order chi connectivity index (χ1) is 10.5. The summed E-state index contributed by atoms with van der Waals surface area (Å²) >= 11 is 4.68. The van der Waals surface area contributed by atoms with Crippen LogP contribution in [0.3, 0.4) is 0 Å².